The molecule has 20 heavy (non-hydrogen) atoms. The lowest BCUT2D eigenvalue weighted by Gasteiger charge is -2.29. The standard InChI is InChI=1S/C17H26N2O/c1-12(2)10-14(11-18)17(20)19(3)16-9-8-13-6-4-5-7-15(13)16/h4-7,12,14,16H,8-11,18H2,1-3H3. The van der Waals surface area contributed by atoms with Gasteiger partial charge >= 0.3 is 0 Å². The van der Waals surface area contributed by atoms with Crippen molar-refractivity contribution < 1.29 is 4.79 Å². The van der Waals surface area contributed by atoms with E-state index in [2.05, 4.69) is 38.1 Å². The van der Waals surface area contributed by atoms with Gasteiger partial charge in [0.05, 0.1) is 12.0 Å². The Morgan fingerprint density at radius 3 is 2.75 bits per heavy atom. The number of benzene rings is 1. The van der Waals surface area contributed by atoms with Crippen molar-refractivity contribution in [1.82, 2.24) is 4.90 Å². The minimum atomic E-state index is -0.0484. The first-order valence-corrected chi connectivity index (χ1v) is 7.59. The summed E-state index contributed by atoms with van der Waals surface area (Å²) in [7, 11) is 1.93. The molecule has 0 spiro atoms. The Morgan fingerprint density at radius 2 is 2.10 bits per heavy atom. The Bertz CT molecular complexity index is 470. The summed E-state index contributed by atoms with van der Waals surface area (Å²) in [5.74, 6) is 0.646. The highest BCUT2D eigenvalue weighted by Crippen LogP contribution is 2.35. The van der Waals surface area contributed by atoms with Gasteiger partial charge in [-0.05, 0) is 36.3 Å². The van der Waals surface area contributed by atoms with Gasteiger partial charge in [-0.15, -0.1) is 0 Å². The number of rotatable bonds is 5. The highest BCUT2D eigenvalue weighted by atomic mass is 16.2. The van der Waals surface area contributed by atoms with Crippen molar-refractivity contribution in [3.8, 4) is 0 Å². The van der Waals surface area contributed by atoms with Crippen molar-refractivity contribution in [1.29, 1.82) is 0 Å². The molecule has 0 aromatic heterocycles. The topological polar surface area (TPSA) is 46.3 Å². The molecule has 2 atom stereocenters. The third-order valence-electron chi connectivity index (χ3n) is 4.31. The van der Waals surface area contributed by atoms with Crippen LogP contribution in [0.25, 0.3) is 0 Å². The zero-order valence-corrected chi connectivity index (χ0v) is 12.8. The molecule has 2 unspecified atom stereocenters. The average Bonchev–Trinajstić information content (AvgIpc) is 2.87. The van der Waals surface area contributed by atoms with Crippen LogP contribution in [0.3, 0.4) is 0 Å². The lowest BCUT2D eigenvalue weighted by Crippen LogP contribution is -2.39. The molecule has 110 valence electrons. The first-order valence-electron chi connectivity index (χ1n) is 7.59. The van der Waals surface area contributed by atoms with E-state index < -0.39 is 0 Å². The van der Waals surface area contributed by atoms with E-state index in [4.69, 9.17) is 5.73 Å². The summed E-state index contributed by atoms with van der Waals surface area (Å²) in [6, 6.07) is 8.67. The number of amides is 1. The molecule has 0 aliphatic heterocycles. The molecule has 0 bridgehead atoms. The van der Waals surface area contributed by atoms with Crippen LogP contribution >= 0.6 is 0 Å². The third-order valence-corrected chi connectivity index (χ3v) is 4.31. The van der Waals surface area contributed by atoms with E-state index in [1.165, 1.54) is 11.1 Å². The quantitative estimate of drug-likeness (QED) is 0.897. The number of nitrogens with two attached hydrogens (primary N) is 1. The number of hydrogen-bond acceptors (Lipinski definition) is 2. The van der Waals surface area contributed by atoms with Crippen LogP contribution in [0.15, 0.2) is 24.3 Å². The minimum absolute atomic E-state index is 0.0484. The van der Waals surface area contributed by atoms with Gasteiger partial charge < -0.3 is 10.6 Å². The van der Waals surface area contributed by atoms with Crippen LogP contribution in [0.4, 0.5) is 0 Å². The molecular weight excluding hydrogens is 248 g/mol. The molecular formula is C17H26N2O. The summed E-state index contributed by atoms with van der Waals surface area (Å²) in [5.41, 5.74) is 8.49. The fourth-order valence-electron chi connectivity index (χ4n) is 3.25. The summed E-state index contributed by atoms with van der Waals surface area (Å²) in [6.07, 6.45) is 2.96. The van der Waals surface area contributed by atoms with Crippen molar-refractivity contribution in [2.45, 2.75) is 39.2 Å². The second-order valence-electron chi connectivity index (χ2n) is 6.26. The van der Waals surface area contributed by atoms with Gasteiger partial charge in [0.15, 0.2) is 0 Å². The van der Waals surface area contributed by atoms with Gasteiger partial charge in [0, 0.05) is 13.6 Å². The minimum Gasteiger partial charge on any atom is -0.338 e. The second kappa shape index (κ2) is 6.40. The molecule has 1 aliphatic rings. The van der Waals surface area contributed by atoms with Gasteiger partial charge in [0.25, 0.3) is 0 Å². The highest BCUT2D eigenvalue weighted by molar-refractivity contribution is 5.79. The molecule has 1 amide bonds. The zero-order valence-electron chi connectivity index (χ0n) is 12.8. The maximum absolute atomic E-state index is 12.7. The predicted molar refractivity (Wildman–Crippen MR) is 82.3 cm³/mol. The Hall–Kier alpha value is -1.35. The maximum atomic E-state index is 12.7. The number of aryl methyl sites for hydroxylation is 1. The normalized spacial score (nSPS) is 18.9. The molecule has 0 heterocycles. The number of fused-ring (bicyclic) bond motifs is 1. The SMILES string of the molecule is CC(C)CC(CN)C(=O)N(C)C1CCc2ccccc21. The fraction of sp³-hybridized carbons (Fsp3) is 0.588. The van der Waals surface area contributed by atoms with Crippen LogP contribution < -0.4 is 5.73 Å². The largest absolute Gasteiger partial charge is 0.338 e. The molecule has 2 rings (SSSR count). The van der Waals surface area contributed by atoms with Crippen molar-refractivity contribution in [2.75, 3.05) is 13.6 Å². The van der Waals surface area contributed by atoms with Crippen LogP contribution in [-0.4, -0.2) is 24.4 Å². The first kappa shape index (κ1) is 15.0. The van der Waals surface area contributed by atoms with Gasteiger partial charge in [0.1, 0.15) is 0 Å². The molecule has 1 aliphatic carbocycles. The van der Waals surface area contributed by atoms with E-state index in [1.54, 1.807) is 0 Å². The van der Waals surface area contributed by atoms with Crippen LogP contribution in [0.2, 0.25) is 0 Å². The molecule has 1 aromatic rings. The van der Waals surface area contributed by atoms with Crippen LogP contribution in [-0.2, 0) is 11.2 Å². The van der Waals surface area contributed by atoms with Crippen molar-refractivity contribution in [3.63, 3.8) is 0 Å². The fourth-order valence-corrected chi connectivity index (χ4v) is 3.25. The summed E-state index contributed by atoms with van der Waals surface area (Å²) < 4.78 is 0. The summed E-state index contributed by atoms with van der Waals surface area (Å²) >= 11 is 0. The molecule has 0 saturated heterocycles. The number of carbonyl (C=O) groups is 1. The van der Waals surface area contributed by atoms with Gasteiger partial charge in [-0.2, -0.15) is 0 Å². The highest BCUT2D eigenvalue weighted by Gasteiger charge is 2.31. The maximum Gasteiger partial charge on any atom is 0.227 e. The van der Waals surface area contributed by atoms with Crippen molar-refractivity contribution in [3.05, 3.63) is 35.4 Å². The third kappa shape index (κ3) is 3.04. The first-order chi connectivity index (χ1) is 9.54. The summed E-state index contributed by atoms with van der Waals surface area (Å²) in [6.45, 7) is 4.72. The van der Waals surface area contributed by atoms with Gasteiger partial charge in [-0.3, -0.25) is 4.79 Å². The number of carbonyl (C=O) groups excluding carboxylic acids is 1. The molecule has 0 radical (unpaired) electrons. The Morgan fingerprint density at radius 1 is 1.40 bits per heavy atom. The van der Waals surface area contributed by atoms with Crippen molar-refractivity contribution >= 4 is 5.91 Å². The molecule has 3 heteroatoms. The summed E-state index contributed by atoms with van der Waals surface area (Å²) in [5, 5.41) is 0. The van der Waals surface area contributed by atoms with Crippen LogP contribution in [0, 0.1) is 11.8 Å². The zero-order chi connectivity index (χ0) is 14.7. The van der Waals surface area contributed by atoms with E-state index in [0.717, 1.165) is 19.3 Å². The van der Waals surface area contributed by atoms with Gasteiger partial charge in [-0.1, -0.05) is 38.1 Å². The Balaban J connectivity index is 2.11. The lowest BCUT2D eigenvalue weighted by atomic mass is 9.95. The molecule has 2 N–H and O–H groups in total. The van der Waals surface area contributed by atoms with Gasteiger partial charge in [-0.25, -0.2) is 0 Å². The monoisotopic (exact) mass is 274 g/mol. The predicted octanol–water partition coefficient (Wildman–Crippen LogP) is 2.75. The summed E-state index contributed by atoms with van der Waals surface area (Å²) in [4.78, 5) is 14.6. The second-order valence-corrected chi connectivity index (χ2v) is 6.26. The number of nitrogens with zero attached hydrogens (tertiary/aromatic N) is 1. The van der Waals surface area contributed by atoms with Crippen LogP contribution in [0.5, 0.6) is 0 Å². The van der Waals surface area contributed by atoms with E-state index in [0.29, 0.717) is 12.5 Å². The average molecular weight is 274 g/mol. The van der Waals surface area contributed by atoms with E-state index in [1.807, 2.05) is 11.9 Å². The van der Waals surface area contributed by atoms with E-state index >= 15 is 0 Å². The Kier molecular flexibility index (Phi) is 4.81. The number of hydrogen-bond donors (Lipinski definition) is 1. The molecule has 0 fully saturated rings. The molecule has 1 aromatic carbocycles. The van der Waals surface area contributed by atoms with Gasteiger partial charge in [0.2, 0.25) is 5.91 Å². The van der Waals surface area contributed by atoms with Crippen molar-refractivity contribution in [2.24, 2.45) is 17.6 Å². The molecule has 3 nitrogen and oxygen atoms in total. The lowest BCUT2D eigenvalue weighted by molar-refractivity contribution is -0.136. The Labute approximate surface area is 122 Å². The van der Waals surface area contributed by atoms with E-state index in [-0.39, 0.29) is 17.9 Å². The molecule has 0 saturated carbocycles. The smallest absolute Gasteiger partial charge is 0.227 e. The van der Waals surface area contributed by atoms with E-state index in [9.17, 15) is 4.79 Å². The van der Waals surface area contributed by atoms with Crippen LogP contribution in [0.1, 0.15) is 43.9 Å².